The quantitative estimate of drug-likeness (QED) is 0.210. The van der Waals surface area contributed by atoms with Crippen molar-refractivity contribution in [2.45, 2.75) is 0 Å². The summed E-state index contributed by atoms with van der Waals surface area (Å²) in [5, 5.41) is 4.85. The van der Waals surface area contributed by atoms with Gasteiger partial charge in [-0.2, -0.15) is 0 Å². The van der Waals surface area contributed by atoms with Gasteiger partial charge in [-0.25, -0.2) is 9.97 Å². The summed E-state index contributed by atoms with van der Waals surface area (Å²) in [6.45, 7) is 0. The van der Waals surface area contributed by atoms with Crippen molar-refractivity contribution in [3.05, 3.63) is 164 Å². The molecule has 8 aromatic rings. The minimum absolute atomic E-state index is 0.702. The summed E-state index contributed by atoms with van der Waals surface area (Å²) >= 11 is 0. The first kappa shape index (κ1) is 25.8. The van der Waals surface area contributed by atoms with Crippen molar-refractivity contribution in [2.24, 2.45) is 0 Å². The van der Waals surface area contributed by atoms with Gasteiger partial charge in [-0.05, 0) is 68.6 Å². The van der Waals surface area contributed by atoms with E-state index >= 15 is 0 Å². The summed E-state index contributed by atoms with van der Waals surface area (Å²) in [6, 6.07) is 53.2. The molecular formula is C41H27N3. The van der Waals surface area contributed by atoms with E-state index in [9.17, 15) is 0 Å². The van der Waals surface area contributed by atoms with E-state index in [4.69, 9.17) is 9.97 Å². The van der Waals surface area contributed by atoms with E-state index in [-0.39, 0.29) is 0 Å². The zero-order valence-electron chi connectivity index (χ0n) is 23.9. The second kappa shape index (κ2) is 11.0. The Bertz CT molecular complexity index is 2270. The van der Waals surface area contributed by atoms with Crippen molar-refractivity contribution >= 4 is 21.5 Å². The molecule has 2 aromatic heterocycles. The molecule has 0 bridgehead atoms. The molecule has 2 heterocycles. The number of nitrogens with zero attached hydrogens (tertiary/aromatic N) is 3. The Morgan fingerprint density at radius 2 is 0.864 bits per heavy atom. The van der Waals surface area contributed by atoms with Gasteiger partial charge in [-0.3, -0.25) is 4.98 Å². The van der Waals surface area contributed by atoms with E-state index in [1.165, 1.54) is 32.7 Å². The van der Waals surface area contributed by atoms with Gasteiger partial charge >= 0.3 is 0 Å². The minimum atomic E-state index is 0.702. The lowest BCUT2D eigenvalue weighted by Gasteiger charge is -2.12. The molecule has 0 fully saturated rings. The second-order valence-electron chi connectivity index (χ2n) is 11.0. The van der Waals surface area contributed by atoms with Gasteiger partial charge in [-0.1, -0.05) is 121 Å². The van der Waals surface area contributed by atoms with Crippen LogP contribution in [0.4, 0.5) is 0 Å². The van der Waals surface area contributed by atoms with Crippen LogP contribution < -0.4 is 0 Å². The highest BCUT2D eigenvalue weighted by Crippen LogP contribution is 2.32. The fourth-order valence-electron chi connectivity index (χ4n) is 5.79. The minimum Gasteiger partial charge on any atom is -0.264 e. The van der Waals surface area contributed by atoms with E-state index in [0.717, 1.165) is 39.2 Å². The molecule has 3 nitrogen and oxygen atoms in total. The first-order valence-electron chi connectivity index (χ1n) is 14.8. The molecule has 0 unspecified atom stereocenters. The van der Waals surface area contributed by atoms with Gasteiger partial charge in [0.15, 0.2) is 5.82 Å². The van der Waals surface area contributed by atoms with Crippen LogP contribution in [0.5, 0.6) is 0 Å². The first-order valence-corrected chi connectivity index (χ1v) is 14.8. The molecule has 44 heavy (non-hydrogen) atoms. The molecule has 0 saturated heterocycles. The van der Waals surface area contributed by atoms with Crippen LogP contribution in [0.25, 0.3) is 77.7 Å². The second-order valence-corrected chi connectivity index (χ2v) is 11.0. The van der Waals surface area contributed by atoms with Crippen LogP contribution in [0.3, 0.4) is 0 Å². The Morgan fingerprint density at radius 3 is 1.57 bits per heavy atom. The Labute approximate surface area is 256 Å². The normalized spacial score (nSPS) is 11.2. The van der Waals surface area contributed by atoms with Gasteiger partial charge in [-0.15, -0.1) is 0 Å². The van der Waals surface area contributed by atoms with E-state index in [0.29, 0.717) is 5.82 Å². The van der Waals surface area contributed by atoms with Crippen molar-refractivity contribution in [3.8, 4) is 56.2 Å². The Morgan fingerprint density at radius 1 is 0.318 bits per heavy atom. The number of hydrogen-bond donors (Lipinski definition) is 0. The van der Waals surface area contributed by atoms with Crippen LogP contribution in [0, 0.1) is 0 Å². The first-order chi connectivity index (χ1) is 21.8. The molecule has 0 aliphatic carbocycles. The lowest BCUT2D eigenvalue weighted by atomic mass is 9.98. The average molecular weight is 562 g/mol. The van der Waals surface area contributed by atoms with Crippen LogP contribution in [0.1, 0.15) is 0 Å². The third kappa shape index (κ3) is 5.01. The Hall–Kier alpha value is -5.93. The van der Waals surface area contributed by atoms with Crippen LogP contribution in [0.15, 0.2) is 164 Å². The standard InChI is InChI=1S/C41H27N3/c1-3-9-32-23-35(20-16-28(32)7-1)30-14-18-31(19-15-30)39-26-40(36-12-5-11-34(24-36)38-13-6-22-42-27-38)44-41(43-39)37-21-17-29-8-2-4-10-33(29)25-37/h1-27H. The fourth-order valence-corrected chi connectivity index (χ4v) is 5.79. The van der Waals surface area contributed by atoms with Crippen molar-refractivity contribution in [1.82, 2.24) is 15.0 Å². The molecule has 0 spiro atoms. The molecule has 8 rings (SSSR count). The smallest absolute Gasteiger partial charge is 0.160 e. The predicted octanol–water partition coefficient (Wildman–Crippen LogP) is 10.5. The van der Waals surface area contributed by atoms with Gasteiger partial charge in [0.05, 0.1) is 11.4 Å². The number of pyridine rings is 1. The van der Waals surface area contributed by atoms with E-state index in [2.05, 4.69) is 151 Å². The highest BCUT2D eigenvalue weighted by Gasteiger charge is 2.13. The predicted molar refractivity (Wildman–Crippen MR) is 182 cm³/mol. The SMILES string of the molecule is c1cncc(-c2cccc(-c3cc(-c4ccc(-c5ccc6ccccc6c5)cc4)nc(-c4ccc5ccccc5c4)n3)c2)c1. The Balaban J connectivity index is 1.23. The van der Waals surface area contributed by atoms with Gasteiger partial charge in [0.1, 0.15) is 0 Å². The molecule has 3 heteroatoms. The molecule has 0 aliphatic heterocycles. The summed E-state index contributed by atoms with van der Waals surface area (Å²) in [4.78, 5) is 14.5. The third-order valence-electron chi connectivity index (χ3n) is 8.15. The number of rotatable bonds is 5. The molecule has 206 valence electrons. The number of fused-ring (bicyclic) bond motifs is 2. The zero-order valence-corrected chi connectivity index (χ0v) is 23.9. The number of benzene rings is 6. The monoisotopic (exact) mass is 561 g/mol. The maximum absolute atomic E-state index is 5.11. The lowest BCUT2D eigenvalue weighted by molar-refractivity contribution is 1.18. The zero-order chi connectivity index (χ0) is 29.3. The van der Waals surface area contributed by atoms with E-state index in [1.54, 1.807) is 6.20 Å². The fraction of sp³-hybridized carbons (Fsp3) is 0. The molecule has 0 aliphatic rings. The van der Waals surface area contributed by atoms with E-state index < -0.39 is 0 Å². The van der Waals surface area contributed by atoms with Gasteiger partial charge < -0.3 is 0 Å². The molecule has 0 radical (unpaired) electrons. The number of hydrogen-bond acceptors (Lipinski definition) is 3. The topological polar surface area (TPSA) is 38.7 Å². The highest BCUT2D eigenvalue weighted by molar-refractivity contribution is 5.88. The van der Waals surface area contributed by atoms with Crippen LogP contribution in [-0.4, -0.2) is 15.0 Å². The molecule has 0 saturated carbocycles. The Kier molecular flexibility index (Phi) is 6.47. The third-order valence-corrected chi connectivity index (χ3v) is 8.15. The maximum atomic E-state index is 5.11. The van der Waals surface area contributed by atoms with Crippen molar-refractivity contribution < 1.29 is 0 Å². The summed E-state index contributed by atoms with van der Waals surface area (Å²) in [5.41, 5.74) is 9.37. The number of aromatic nitrogens is 3. The van der Waals surface area contributed by atoms with Crippen LogP contribution >= 0.6 is 0 Å². The largest absolute Gasteiger partial charge is 0.264 e. The summed E-state index contributed by atoms with van der Waals surface area (Å²) in [5.74, 6) is 0.702. The van der Waals surface area contributed by atoms with Gasteiger partial charge in [0.25, 0.3) is 0 Å². The molecule has 6 aromatic carbocycles. The van der Waals surface area contributed by atoms with Crippen molar-refractivity contribution in [3.63, 3.8) is 0 Å². The molecule has 0 amide bonds. The summed E-state index contributed by atoms with van der Waals surface area (Å²) < 4.78 is 0. The summed E-state index contributed by atoms with van der Waals surface area (Å²) in [6.07, 6.45) is 3.69. The van der Waals surface area contributed by atoms with Gasteiger partial charge in [0, 0.05) is 34.6 Å². The highest BCUT2D eigenvalue weighted by atomic mass is 14.9. The summed E-state index contributed by atoms with van der Waals surface area (Å²) in [7, 11) is 0. The van der Waals surface area contributed by atoms with Crippen molar-refractivity contribution in [2.75, 3.05) is 0 Å². The molecule has 0 atom stereocenters. The molecule has 0 N–H and O–H groups in total. The van der Waals surface area contributed by atoms with Crippen LogP contribution in [0.2, 0.25) is 0 Å². The average Bonchev–Trinajstić information content (AvgIpc) is 3.11. The maximum Gasteiger partial charge on any atom is 0.160 e. The van der Waals surface area contributed by atoms with E-state index in [1.807, 2.05) is 12.3 Å². The lowest BCUT2D eigenvalue weighted by Crippen LogP contribution is -1.96. The molecular weight excluding hydrogens is 534 g/mol. The van der Waals surface area contributed by atoms with Crippen molar-refractivity contribution in [1.29, 1.82) is 0 Å². The van der Waals surface area contributed by atoms with Gasteiger partial charge in [0.2, 0.25) is 0 Å². The van der Waals surface area contributed by atoms with Crippen LogP contribution in [-0.2, 0) is 0 Å².